The SMILES string of the molecule is Cc1ccc(C#N)c(NCc2ccn(C)n2)n1. The minimum absolute atomic E-state index is 0.548. The average Bonchev–Trinajstić information content (AvgIpc) is 2.73. The Morgan fingerprint density at radius 2 is 2.24 bits per heavy atom. The second-order valence-corrected chi connectivity index (χ2v) is 3.79. The van der Waals surface area contributed by atoms with Gasteiger partial charge >= 0.3 is 0 Å². The lowest BCUT2D eigenvalue weighted by atomic mass is 10.2. The summed E-state index contributed by atoms with van der Waals surface area (Å²) < 4.78 is 1.74. The molecule has 0 fully saturated rings. The summed E-state index contributed by atoms with van der Waals surface area (Å²) >= 11 is 0. The van der Waals surface area contributed by atoms with Gasteiger partial charge in [0.2, 0.25) is 0 Å². The van der Waals surface area contributed by atoms with Gasteiger partial charge in [-0.2, -0.15) is 10.4 Å². The molecular weight excluding hydrogens is 214 g/mol. The first-order valence-electron chi connectivity index (χ1n) is 5.29. The Hall–Kier alpha value is -2.35. The first-order chi connectivity index (χ1) is 8.19. The fourth-order valence-electron chi connectivity index (χ4n) is 1.51. The molecule has 0 bridgehead atoms. The van der Waals surface area contributed by atoms with E-state index in [1.54, 1.807) is 10.7 Å². The van der Waals surface area contributed by atoms with Gasteiger partial charge in [-0.1, -0.05) is 0 Å². The van der Waals surface area contributed by atoms with E-state index in [-0.39, 0.29) is 0 Å². The molecule has 0 aliphatic rings. The van der Waals surface area contributed by atoms with Crippen LogP contribution in [0, 0.1) is 18.3 Å². The third-order valence-corrected chi connectivity index (χ3v) is 2.36. The predicted molar refractivity (Wildman–Crippen MR) is 64.2 cm³/mol. The van der Waals surface area contributed by atoms with Gasteiger partial charge in [0.1, 0.15) is 11.9 Å². The molecular formula is C12H13N5. The summed E-state index contributed by atoms with van der Waals surface area (Å²) in [6.07, 6.45) is 1.88. The van der Waals surface area contributed by atoms with Crippen molar-refractivity contribution in [2.75, 3.05) is 5.32 Å². The van der Waals surface area contributed by atoms with Gasteiger partial charge in [0.05, 0.1) is 17.8 Å². The topological polar surface area (TPSA) is 66.5 Å². The van der Waals surface area contributed by atoms with Crippen molar-refractivity contribution in [3.63, 3.8) is 0 Å². The summed E-state index contributed by atoms with van der Waals surface area (Å²) in [5.41, 5.74) is 2.35. The van der Waals surface area contributed by atoms with Crippen molar-refractivity contribution in [1.29, 1.82) is 5.26 Å². The van der Waals surface area contributed by atoms with Crippen LogP contribution in [0.4, 0.5) is 5.82 Å². The van der Waals surface area contributed by atoms with Crippen LogP contribution in [0.1, 0.15) is 17.0 Å². The van der Waals surface area contributed by atoms with E-state index < -0.39 is 0 Å². The minimum atomic E-state index is 0.548. The van der Waals surface area contributed by atoms with E-state index in [4.69, 9.17) is 5.26 Å². The molecule has 0 saturated heterocycles. The number of rotatable bonds is 3. The van der Waals surface area contributed by atoms with Crippen molar-refractivity contribution in [1.82, 2.24) is 14.8 Å². The van der Waals surface area contributed by atoms with Gasteiger partial charge in [-0.05, 0) is 25.1 Å². The number of anilines is 1. The number of nitrogens with zero attached hydrogens (tertiary/aromatic N) is 4. The normalized spacial score (nSPS) is 9.94. The maximum atomic E-state index is 8.96. The molecule has 2 heterocycles. The number of hydrogen-bond acceptors (Lipinski definition) is 4. The van der Waals surface area contributed by atoms with Crippen molar-refractivity contribution in [3.8, 4) is 6.07 Å². The average molecular weight is 227 g/mol. The van der Waals surface area contributed by atoms with E-state index >= 15 is 0 Å². The second-order valence-electron chi connectivity index (χ2n) is 3.79. The molecule has 2 aromatic heterocycles. The Kier molecular flexibility index (Phi) is 3.06. The molecule has 0 aliphatic carbocycles. The van der Waals surface area contributed by atoms with Gasteiger partial charge in [-0.25, -0.2) is 4.98 Å². The third-order valence-electron chi connectivity index (χ3n) is 2.36. The molecule has 1 N–H and O–H groups in total. The van der Waals surface area contributed by atoms with Crippen molar-refractivity contribution < 1.29 is 0 Å². The molecule has 0 aromatic carbocycles. The Labute approximate surface area is 99.7 Å². The van der Waals surface area contributed by atoms with Gasteiger partial charge in [0.15, 0.2) is 0 Å². The van der Waals surface area contributed by atoms with E-state index in [9.17, 15) is 0 Å². The van der Waals surface area contributed by atoms with E-state index in [1.165, 1.54) is 0 Å². The molecule has 5 nitrogen and oxygen atoms in total. The highest BCUT2D eigenvalue weighted by atomic mass is 15.3. The number of pyridine rings is 1. The molecule has 0 unspecified atom stereocenters. The molecule has 0 aliphatic heterocycles. The van der Waals surface area contributed by atoms with Crippen molar-refractivity contribution in [3.05, 3.63) is 41.3 Å². The van der Waals surface area contributed by atoms with Crippen LogP contribution < -0.4 is 5.32 Å². The van der Waals surface area contributed by atoms with Crippen LogP contribution in [0.25, 0.3) is 0 Å². The number of aromatic nitrogens is 3. The lowest BCUT2D eigenvalue weighted by Gasteiger charge is -2.06. The fraction of sp³-hybridized carbons (Fsp3) is 0.250. The Morgan fingerprint density at radius 1 is 1.41 bits per heavy atom. The predicted octanol–water partition coefficient (Wildman–Crippen LogP) is 1.61. The lowest BCUT2D eigenvalue weighted by Crippen LogP contribution is -2.05. The lowest BCUT2D eigenvalue weighted by molar-refractivity contribution is 0.747. The van der Waals surface area contributed by atoms with Gasteiger partial charge in [0, 0.05) is 18.9 Å². The maximum absolute atomic E-state index is 8.96. The molecule has 0 radical (unpaired) electrons. The zero-order valence-electron chi connectivity index (χ0n) is 9.81. The van der Waals surface area contributed by atoms with Crippen LogP contribution in [0.2, 0.25) is 0 Å². The molecule has 5 heteroatoms. The van der Waals surface area contributed by atoms with Crippen LogP contribution >= 0.6 is 0 Å². The number of aryl methyl sites for hydroxylation is 2. The second kappa shape index (κ2) is 4.66. The smallest absolute Gasteiger partial charge is 0.144 e. The highest BCUT2D eigenvalue weighted by molar-refractivity contribution is 5.52. The minimum Gasteiger partial charge on any atom is -0.363 e. The Morgan fingerprint density at radius 3 is 2.88 bits per heavy atom. The number of hydrogen-bond donors (Lipinski definition) is 1. The Balaban J connectivity index is 2.13. The summed E-state index contributed by atoms with van der Waals surface area (Å²) in [6, 6.07) is 7.63. The molecule has 17 heavy (non-hydrogen) atoms. The summed E-state index contributed by atoms with van der Waals surface area (Å²) in [6.45, 7) is 2.46. The molecule has 86 valence electrons. The highest BCUT2D eigenvalue weighted by Gasteiger charge is 2.04. The van der Waals surface area contributed by atoms with Crippen LogP contribution in [0.3, 0.4) is 0 Å². The van der Waals surface area contributed by atoms with Gasteiger partial charge in [0.25, 0.3) is 0 Å². The van der Waals surface area contributed by atoms with E-state index in [2.05, 4.69) is 21.5 Å². The van der Waals surface area contributed by atoms with Gasteiger partial charge in [-0.15, -0.1) is 0 Å². The summed E-state index contributed by atoms with van der Waals surface area (Å²) in [4.78, 5) is 4.30. The zero-order chi connectivity index (χ0) is 12.3. The molecule has 2 rings (SSSR count). The fourth-order valence-corrected chi connectivity index (χ4v) is 1.51. The first kappa shape index (κ1) is 11.1. The van der Waals surface area contributed by atoms with Crippen LogP contribution in [0.15, 0.2) is 24.4 Å². The van der Waals surface area contributed by atoms with Crippen LogP contribution in [-0.2, 0) is 13.6 Å². The van der Waals surface area contributed by atoms with Crippen molar-refractivity contribution in [2.45, 2.75) is 13.5 Å². The standard InChI is InChI=1S/C12H13N5/c1-9-3-4-10(7-13)12(15-9)14-8-11-5-6-17(2)16-11/h3-6H,8H2,1-2H3,(H,14,15). The molecule has 0 spiro atoms. The van der Waals surface area contributed by atoms with Crippen LogP contribution in [0.5, 0.6) is 0 Å². The van der Waals surface area contributed by atoms with Gasteiger partial charge in [-0.3, -0.25) is 4.68 Å². The van der Waals surface area contributed by atoms with Crippen molar-refractivity contribution in [2.24, 2.45) is 7.05 Å². The number of nitriles is 1. The molecule has 0 amide bonds. The molecule has 0 atom stereocenters. The van der Waals surface area contributed by atoms with E-state index in [1.807, 2.05) is 32.3 Å². The largest absolute Gasteiger partial charge is 0.363 e. The third kappa shape index (κ3) is 2.61. The van der Waals surface area contributed by atoms with Gasteiger partial charge < -0.3 is 5.32 Å². The first-order valence-corrected chi connectivity index (χ1v) is 5.29. The quantitative estimate of drug-likeness (QED) is 0.865. The maximum Gasteiger partial charge on any atom is 0.144 e. The van der Waals surface area contributed by atoms with E-state index in [0.29, 0.717) is 17.9 Å². The van der Waals surface area contributed by atoms with Crippen molar-refractivity contribution >= 4 is 5.82 Å². The monoisotopic (exact) mass is 227 g/mol. The summed E-state index contributed by atoms with van der Waals surface area (Å²) in [5.74, 6) is 0.609. The highest BCUT2D eigenvalue weighted by Crippen LogP contribution is 2.12. The number of nitrogens with one attached hydrogen (secondary N) is 1. The Bertz CT molecular complexity index is 565. The zero-order valence-corrected chi connectivity index (χ0v) is 9.81. The summed E-state index contributed by atoms with van der Waals surface area (Å²) in [7, 11) is 1.87. The van der Waals surface area contributed by atoms with E-state index in [0.717, 1.165) is 11.4 Å². The molecule has 0 saturated carbocycles. The van der Waals surface area contributed by atoms with Crippen LogP contribution in [-0.4, -0.2) is 14.8 Å². The molecule has 2 aromatic rings. The summed E-state index contributed by atoms with van der Waals surface area (Å²) in [5, 5.41) is 16.3.